The topological polar surface area (TPSA) is 52.6 Å². The largest absolute Gasteiger partial charge is 0.459 e. The molecule has 4 nitrogen and oxygen atoms in total. The number of hydrogen-bond acceptors (Lipinski definition) is 4. The van der Waals surface area contributed by atoms with E-state index in [4.69, 9.17) is 27.9 Å². The normalized spacial score (nSPS) is 12.8. The number of carbonyl (C=O) groups excluding carboxylic acids is 2. The monoisotopic (exact) mass is 490 g/mol. The molecule has 0 radical (unpaired) electrons. The molecule has 14 heteroatoms. The fraction of sp³-hybridized carbons (Fsp3) is 0.500. The average molecular weight is 491 g/mol. The number of halogens is 10. The van der Waals surface area contributed by atoms with E-state index in [-0.39, 0.29) is 22.2 Å². The summed E-state index contributed by atoms with van der Waals surface area (Å²) in [5.41, 5.74) is 0. The van der Waals surface area contributed by atoms with Gasteiger partial charge in [-0.25, -0.2) is 8.78 Å². The van der Waals surface area contributed by atoms with Crippen molar-refractivity contribution in [1.29, 1.82) is 0 Å². The fourth-order valence-corrected chi connectivity index (χ4v) is 2.37. The third kappa shape index (κ3) is 6.59. The molecular weight excluding hydrogens is 479 g/mol. The van der Waals surface area contributed by atoms with Gasteiger partial charge in [-0.2, -0.15) is 26.3 Å². The number of benzene rings is 1. The molecule has 0 spiro atoms. The highest BCUT2D eigenvalue weighted by Crippen LogP contribution is 2.48. The summed E-state index contributed by atoms with van der Waals surface area (Å²) in [7, 11) is 0. The molecule has 0 amide bonds. The molecule has 30 heavy (non-hydrogen) atoms. The number of carbonyl (C=O) groups is 2. The molecule has 0 heterocycles. The molecule has 0 saturated carbocycles. The lowest BCUT2D eigenvalue weighted by molar-refractivity contribution is -0.344. The zero-order valence-corrected chi connectivity index (χ0v) is 16.1. The molecule has 1 aromatic rings. The third-order valence-corrected chi connectivity index (χ3v) is 3.83. The Labute approximate surface area is 174 Å². The van der Waals surface area contributed by atoms with Crippen LogP contribution in [0.25, 0.3) is 0 Å². The van der Waals surface area contributed by atoms with Crippen molar-refractivity contribution in [3.05, 3.63) is 28.2 Å². The average Bonchev–Trinajstić information content (AvgIpc) is 2.58. The summed E-state index contributed by atoms with van der Waals surface area (Å²) in [4.78, 5) is 22.9. The lowest BCUT2D eigenvalue weighted by Gasteiger charge is -2.31. The van der Waals surface area contributed by atoms with E-state index in [9.17, 15) is 44.7 Å². The highest BCUT2D eigenvalue weighted by atomic mass is 35.5. The highest BCUT2D eigenvalue weighted by molar-refractivity contribution is 6.34. The Balaban J connectivity index is 2.50. The number of esters is 2. The van der Waals surface area contributed by atoms with E-state index < -0.39 is 55.6 Å². The summed E-state index contributed by atoms with van der Waals surface area (Å²) in [5, 5.41) is 0.313. The van der Waals surface area contributed by atoms with Crippen molar-refractivity contribution in [2.75, 3.05) is 6.61 Å². The summed E-state index contributed by atoms with van der Waals surface area (Å²) in [6, 6.07) is 3.85. The zero-order chi connectivity index (χ0) is 23.3. The maximum atomic E-state index is 13.2. The van der Waals surface area contributed by atoms with Gasteiger partial charge in [-0.05, 0) is 24.6 Å². The van der Waals surface area contributed by atoms with Crippen LogP contribution in [-0.2, 0) is 14.3 Å². The van der Waals surface area contributed by atoms with E-state index in [1.54, 1.807) is 0 Å². The minimum atomic E-state index is -6.48. The highest BCUT2D eigenvalue weighted by Gasteiger charge is 2.75. The molecule has 0 aromatic heterocycles. The first-order valence-electron chi connectivity index (χ1n) is 7.84. The zero-order valence-electron chi connectivity index (χ0n) is 14.6. The molecule has 1 aromatic carbocycles. The fourth-order valence-electron chi connectivity index (χ4n) is 1.86. The van der Waals surface area contributed by atoms with Gasteiger partial charge in [0, 0.05) is 22.9 Å². The number of ether oxygens (including phenoxy) is 2. The van der Waals surface area contributed by atoms with Crippen LogP contribution in [0.2, 0.25) is 10.0 Å². The van der Waals surface area contributed by atoms with Crippen LogP contribution in [0.3, 0.4) is 0 Å². The number of hydrogen-bond donors (Lipinski definition) is 0. The van der Waals surface area contributed by atoms with Crippen molar-refractivity contribution in [1.82, 2.24) is 0 Å². The molecule has 0 bridgehead atoms. The van der Waals surface area contributed by atoms with Crippen LogP contribution in [-0.4, -0.2) is 42.7 Å². The lowest BCUT2D eigenvalue weighted by Crippen LogP contribution is -2.59. The third-order valence-electron chi connectivity index (χ3n) is 3.40. The maximum absolute atomic E-state index is 13.2. The van der Waals surface area contributed by atoms with Gasteiger partial charge >= 0.3 is 36.1 Å². The van der Waals surface area contributed by atoms with Crippen LogP contribution >= 0.6 is 23.2 Å². The smallest absolute Gasteiger partial charge is 0.381 e. The molecule has 0 fully saturated rings. The Hall–Kier alpha value is -1.82. The first-order valence-corrected chi connectivity index (χ1v) is 8.59. The summed E-state index contributed by atoms with van der Waals surface area (Å²) in [6.07, 6.45) is -6.62. The van der Waals surface area contributed by atoms with Crippen molar-refractivity contribution in [3.63, 3.8) is 0 Å². The standard InChI is InChI=1S/C16H12Cl2F8O4/c17-8-4-9(18)6-10(5-8)30-12(28)3-1-2-11(27)29-7-14(21,22)16(25,26)15(23,24)13(19)20/h4-6,13H,1-3,7H2. The molecule has 0 aliphatic heterocycles. The van der Waals surface area contributed by atoms with E-state index in [0.29, 0.717) is 0 Å². The van der Waals surface area contributed by atoms with E-state index in [1.807, 2.05) is 0 Å². The van der Waals surface area contributed by atoms with E-state index in [2.05, 4.69) is 4.74 Å². The Morgan fingerprint density at radius 1 is 0.900 bits per heavy atom. The van der Waals surface area contributed by atoms with Crippen molar-refractivity contribution in [3.8, 4) is 5.75 Å². The number of rotatable bonds is 10. The molecule has 0 aliphatic rings. The Morgan fingerprint density at radius 2 is 1.40 bits per heavy atom. The molecule has 0 saturated heterocycles. The summed E-state index contributed by atoms with van der Waals surface area (Å²) < 4.78 is 110. The van der Waals surface area contributed by atoms with Crippen molar-refractivity contribution in [2.24, 2.45) is 0 Å². The van der Waals surface area contributed by atoms with Crippen molar-refractivity contribution in [2.45, 2.75) is 43.5 Å². The van der Waals surface area contributed by atoms with Crippen LogP contribution in [0.4, 0.5) is 35.1 Å². The predicted octanol–water partition coefficient (Wildman–Crippen LogP) is 5.78. The SMILES string of the molecule is O=C(CCCC(=O)Oc1cc(Cl)cc(Cl)c1)OCC(F)(F)C(F)(F)C(F)(F)C(F)F. The van der Waals surface area contributed by atoms with Gasteiger partial charge in [-0.3, -0.25) is 9.59 Å². The summed E-state index contributed by atoms with van der Waals surface area (Å²) in [6.45, 7) is -2.56. The van der Waals surface area contributed by atoms with Gasteiger partial charge in [0.25, 0.3) is 0 Å². The van der Waals surface area contributed by atoms with Crippen LogP contribution in [0, 0.1) is 0 Å². The van der Waals surface area contributed by atoms with Crippen LogP contribution in [0.1, 0.15) is 19.3 Å². The second kappa shape index (κ2) is 9.99. The molecule has 1 rings (SSSR count). The second-order valence-electron chi connectivity index (χ2n) is 5.80. The van der Waals surface area contributed by atoms with Gasteiger partial charge in [0.05, 0.1) is 0 Å². The molecule has 0 aliphatic carbocycles. The van der Waals surface area contributed by atoms with Gasteiger partial charge in [0.15, 0.2) is 6.61 Å². The molecular formula is C16H12Cl2F8O4. The molecule has 0 N–H and O–H groups in total. The summed E-state index contributed by atoms with van der Waals surface area (Å²) in [5.74, 6) is -21.1. The predicted molar refractivity (Wildman–Crippen MR) is 87.8 cm³/mol. The van der Waals surface area contributed by atoms with Gasteiger partial charge < -0.3 is 9.47 Å². The Bertz CT molecular complexity index is 753. The molecule has 0 unspecified atom stereocenters. The first kappa shape index (κ1) is 26.2. The summed E-state index contributed by atoms with van der Waals surface area (Å²) >= 11 is 11.4. The quantitative estimate of drug-likeness (QED) is 0.237. The van der Waals surface area contributed by atoms with Gasteiger partial charge in [0.2, 0.25) is 0 Å². The first-order chi connectivity index (χ1) is 13.6. The Morgan fingerprint density at radius 3 is 1.90 bits per heavy atom. The number of alkyl halides is 8. The van der Waals surface area contributed by atoms with Gasteiger partial charge in [-0.15, -0.1) is 0 Å². The van der Waals surface area contributed by atoms with E-state index in [0.717, 1.165) is 0 Å². The van der Waals surface area contributed by atoms with E-state index in [1.165, 1.54) is 18.2 Å². The maximum Gasteiger partial charge on any atom is 0.381 e. The van der Waals surface area contributed by atoms with E-state index >= 15 is 0 Å². The minimum Gasteiger partial charge on any atom is -0.459 e. The lowest BCUT2D eigenvalue weighted by atomic mass is 10.1. The van der Waals surface area contributed by atoms with Crippen molar-refractivity contribution >= 4 is 35.1 Å². The minimum absolute atomic E-state index is 0.0260. The van der Waals surface area contributed by atoms with Crippen LogP contribution in [0.5, 0.6) is 5.75 Å². The van der Waals surface area contributed by atoms with Crippen LogP contribution < -0.4 is 4.74 Å². The second-order valence-corrected chi connectivity index (χ2v) is 6.67. The Kier molecular flexibility index (Phi) is 8.73. The molecule has 0 atom stereocenters. The van der Waals surface area contributed by atoms with Crippen LogP contribution in [0.15, 0.2) is 18.2 Å². The van der Waals surface area contributed by atoms with Crippen molar-refractivity contribution < 1.29 is 54.2 Å². The van der Waals surface area contributed by atoms with Gasteiger partial charge in [0.1, 0.15) is 5.75 Å². The van der Waals surface area contributed by atoms with Gasteiger partial charge in [-0.1, -0.05) is 23.2 Å². The molecule has 170 valence electrons.